The number of hydrogen-bond donors (Lipinski definition) is 1. The van der Waals surface area contributed by atoms with Crippen molar-refractivity contribution in [3.63, 3.8) is 0 Å². The minimum atomic E-state index is -0.156. The number of hydrogen-bond acceptors (Lipinski definition) is 4. The van der Waals surface area contributed by atoms with Crippen LogP contribution in [0.25, 0.3) is 0 Å². The third-order valence-corrected chi connectivity index (χ3v) is 3.24. The zero-order chi connectivity index (χ0) is 10.8. The zero-order valence-electron chi connectivity index (χ0n) is 8.77. The van der Waals surface area contributed by atoms with E-state index in [0.29, 0.717) is 0 Å². The summed E-state index contributed by atoms with van der Waals surface area (Å²) < 4.78 is 0. The summed E-state index contributed by atoms with van der Waals surface area (Å²) in [5.74, 6) is 0. The van der Waals surface area contributed by atoms with E-state index in [-0.39, 0.29) is 6.04 Å². The zero-order valence-corrected chi connectivity index (χ0v) is 9.58. The number of nitrogens with zero attached hydrogens (tertiary/aromatic N) is 2. The molecule has 0 bridgehead atoms. The molecule has 0 radical (unpaired) electrons. The topological polar surface area (TPSA) is 51.8 Å². The number of aromatic nitrogens is 2. The second kappa shape index (κ2) is 4.08. The number of nitrogens with two attached hydrogens (primary N) is 1. The van der Waals surface area contributed by atoms with Crippen LogP contribution >= 0.6 is 11.3 Å². The molecule has 2 heterocycles. The molecule has 1 atom stereocenters. The van der Waals surface area contributed by atoms with Crippen LogP contribution < -0.4 is 5.73 Å². The van der Waals surface area contributed by atoms with Crippen LogP contribution in [-0.4, -0.2) is 9.97 Å². The SMILES string of the molecule is Cc1ccc(C(N)c2nc(C)cs2)cn1. The van der Waals surface area contributed by atoms with Gasteiger partial charge in [0.1, 0.15) is 5.01 Å². The molecule has 0 saturated heterocycles. The van der Waals surface area contributed by atoms with Crippen molar-refractivity contribution in [2.75, 3.05) is 0 Å². The second-order valence-corrected chi connectivity index (χ2v) is 4.43. The predicted molar refractivity (Wildman–Crippen MR) is 61.9 cm³/mol. The number of aryl methyl sites for hydroxylation is 2. The molecule has 3 nitrogen and oxygen atoms in total. The van der Waals surface area contributed by atoms with E-state index in [1.54, 1.807) is 11.3 Å². The average Bonchev–Trinajstić information content (AvgIpc) is 2.65. The van der Waals surface area contributed by atoms with Crippen LogP contribution in [0.1, 0.15) is 28.0 Å². The van der Waals surface area contributed by atoms with Crippen molar-refractivity contribution >= 4 is 11.3 Å². The lowest BCUT2D eigenvalue weighted by Crippen LogP contribution is -2.11. The van der Waals surface area contributed by atoms with E-state index in [0.717, 1.165) is 22.0 Å². The maximum atomic E-state index is 6.09. The first-order valence-corrected chi connectivity index (χ1v) is 5.65. The highest BCUT2D eigenvalue weighted by molar-refractivity contribution is 7.09. The van der Waals surface area contributed by atoms with Gasteiger partial charge in [0, 0.05) is 23.0 Å². The van der Waals surface area contributed by atoms with Gasteiger partial charge < -0.3 is 5.73 Å². The van der Waals surface area contributed by atoms with Gasteiger partial charge in [-0.1, -0.05) is 6.07 Å². The molecule has 0 aliphatic heterocycles. The quantitative estimate of drug-likeness (QED) is 0.842. The molecule has 2 N–H and O–H groups in total. The van der Waals surface area contributed by atoms with Crippen LogP contribution in [-0.2, 0) is 0 Å². The molecule has 0 fully saturated rings. The molecule has 2 aromatic rings. The smallest absolute Gasteiger partial charge is 0.114 e. The third-order valence-electron chi connectivity index (χ3n) is 2.20. The van der Waals surface area contributed by atoms with E-state index in [2.05, 4.69) is 9.97 Å². The molecule has 0 spiro atoms. The van der Waals surface area contributed by atoms with Gasteiger partial charge in [0.15, 0.2) is 0 Å². The Hall–Kier alpha value is -1.26. The standard InChI is InChI=1S/C11H13N3S/c1-7-3-4-9(5-13-7)10(12)11-14-8(2)6-15-11/h3-6,10H,12H2,1-2H3. The van der Waals surface area contributed by atoms with Gasteiger partial charge in [-0.05, 0) is 25.5 Å². The Morgan fingerprint density at radius 2 is 2.07 bits per heavy atom. The van der Waals surface area contributed by atoms with Gasteiger partial charge in [0.05, 0.1) is 6.04 Å². The van der Waals surface area contributed by atoms with Crippen molar-refractivity contribution in [2.24, 2.45) is 5.73 Å². The van der Waals surface area contributed by atoms with E-state index in [9.17, 15) is 0 Å². The Morgan fingerprint density at radius 1 is 1.27 bits per heavy atom. The van der Waals surface area contributed by atoms with Crippen molar-refractivity contribution in [1.29, 1.82) is 0 Å². The molecule has 0 saturated carbocycles. The molecule has 0 aromatic carbocycles. The van der Waals surface area contributed by atoms with Crippen molar-refractivity contribution in [3.8, 4) is 0 Å². The first kappa shape index (κ1) is 10.3. The van der Waals surface area contributed by atoms with Crippen LogP contribution in [0.4, 0.5) is 0 Å². The Morgan fingerprint density at radius 3 is 2.60 bits per heavy atom. The maximum Gasteiger partial charge on any atom is 0.114 e. The molecule has 2 aromatic heterocycles. The van der Waals surface area contributed by atoms with E-state index in [1.165, 1.54) is 0 Å². The molecule has 15 heavy (non-hydrogen) atoms. The predicted octanol–water partition coefficient (Wildman–Crippen LogP) is 2.20. The van der Waals surface area contributed by atoms with Crippen molar-refractivity contribution in [2.45, 2.75) is 19.9 Å². The summed E-state index contributed by atoms with van der Waals surface area (Å²) in [6.45, 7) is 3.93. The van der Waals surface area contributed by atoms with Crippen molar-refractivity contribution < 1.29 is 0 Å². The monoisotopic (exact) mass is 219 g/mol. The van der Waals surface area contributed by atoms with Crippen LogP contribution in [0.15, 0.2) is 23.7 Å². The first-order chi connectivity index (χ1) is 7.16. The summed E-state index contributed by atoms with van der Waals surface area (Å²) in [4.78, 5) is 8.60. The van der Waals surface area contributed by atoms with Gasteiger partial charge in [-0.25, -0.2) is 4.98 Å². The fourth-order valence-corrected chi connectivity index (χ4v) is 2.14. The minimum Gasteiger partial charge on any atom is -0.318 e. The molecule has 4 heteroatoms. The van der Waals surface area contributed by atoms with Crippen LogP contribution in [0.3, 0.4) is 0 Å². The van der Waals surface area contributed by atoms with Gasteiger partial charge in [-0.2, -0.15) is 0 Å². The van der Waals surface area contributed by atoms with Gasteiger partial charge in [-0.3, -0.25) is 4.98 Å². The Labute approximate surface area is 93.0 Å². The minimum absolute atomic E-state index is 0.156. The Balaban J connectivity index is 2.28. The third kappa shape index (κ3) is 2.22. The van der Waals surface area contributed by atoms with Crippen LogP contribution in [0.5, 0.6) is 0 Å². The Bertz CT molecular complexity index is 447. The summed E-state index contributed by atoms with van der Waals surface area (Å²) in [6, 6.07) is 3.82. The first-order valence-electron chi connectivity index (χ1n) is 4.77. The lowest BCUT2D eigenvalue weighted by Gasteiger charge is -2.08. The second-order valence-electron chi connectivity index (χ2n) is 3.54. The van der Waals surface area contributed by atoms with E-state index in [1.807, 2.05) is 37.6 Å². The van der Waals surface area contributed by atoms with E-state index in [4.69, 9.17) is 5.73 Å². The number of thiazole rings is 1. The Kier molecular flexibility index (Phi) is 2.79. The molecule has 0 aliphatic rings. The fourth-order valence-electron chi connectivity index (χ4n) is 1.32. The van der Waals surface area contributed by atoms with Gasteiger partial charge in [-0.15, -0.1) is 11.3 Å². The molecule has 0 amide bonds. The van der Waals surface area contributed by atoms with Crippen molar-refractivity contribution in [1.82, 2.24) is 9.97 Å². The average molecular weight is 219 g/mol. The van der Waals surface area contributed by atoms with E-state index < -0.39 is 0 Å². The summed E-state index contributed by atoms with van der Waals surface area (Å²) in [6.07, 6.45) is 1.82. The highest BCUT2D eigenvalue weighted by atomic mass is 32.1. The van der Waals surface area contributed by atoms with E-state index >= 15 is 0 Å². The number of rotatable bonds is 2. The number of pyridine rings is 1. The molecule has 78 valence electrons. The molecule has 1 unspecified atom stereocenters. The lowest BCUT2D eigenvalue weighted by atomic mass is 10.1. The molecule has 2 rings (SSSR count). The molecule has 0 aliphatic carbocycles. The molecular formula is C11H13N3S. The summed E-state index contributed by atoms with van der Waals surface area (Å²) >= 11 is 1.59. The van der Waals surface area contributed by atoms with Crippen LogP contribution in [0.2, 0.25) is 0 Å². The molecular weight excluding hydrogens is 206 g/mol. The highest BCUT2D eigenvalue weighted by Gasteiger charge is 2.12. The van der Waals surface area contributed by atoms with Crippen LogP contribution in [0, 0.1) is 13.8 Å². The van der Waals surface area contributed by atoms with Gasteiger partial charge in [0.25, 0.3) is 0 Å². The maximum absolute atomic E-state index is 6.09. The van der Waals surface area contributed by atoms with Gasteiger partial charge in [0.2, 0.25) is 0 Å². The summed E-state index contributed by atoms with van der Waals surface area (Å²) in [5, 5.41) is 2.95. The highest BCUT2D eigenvalue weighted by Crippen LogP contribution is 2.22. The van der Waals surface area contributed by atoms with Crippen molar-refractivity contribution in [3.05, 3.63) is 45.7 Å². The summed E-state index contributed by atoms with van der Waals surface area (Å²) in [5.41, 5.74) is 9.12. The normalized spacial score (nSPS) is 12.7. The van der Waals surface area contributed by atoms with Gasteiger partial charge >= 0.3 is 0 Å². The largest absolute Gasteiger partial charge is 0.318 e. The lowest BCUT2D eigenvalue weighted by molar-refractivity contribution is 0.843. The fraction of sp³-hybridized carbons (Fsp3) is 0.273. The summed E-state index contributed by atoms with van der Waals surface area (Å²) in [7, 11) is 0.